The lowest BCUT2D eigenvalue weighted by Gasteiger charge is -2.19. The van der Waals surface area contributed by atoms with Gasteiger partial charge in [0.05, 0.1) is 11.3 Å². The van der Waals surface area contributed by atoms with E-state index in [9.17, 15) is 4.79 Å². The highest BCUT2D eigenvalue weighted by atomic mass is 16.1. The lowest BCUT2D eigenvalue weighted by atomic mass is 9.88. The summed E-state index contributed by atoms with van der Waals surface area (Å²) in [5.74, 6) is 1.16. The van der Waals surface area contributed by atoms with E-state index >= 15 is 0 Å². The summed E-state index contributed by atoms with van der Waals surface area (Å²) in [6.45, 7) is 2.87. The zero-order valence-corrected chi connectivity index (χ0v) is 12.2. The maximum atomic E-state index is 11.9. The van der Waals surface area contributed by atoms with E-state index in [1.54, 1.807) is 6.20 Å². The average molecular weight is 281 g/mol. The second-order valence-corrected chi connectivity index (χ2v) is 5.65. The van der Waals surface area contributed by atoms with Crippen molar-refractivity contribution in [3.63, 3.8) is 0 Å². The minimum Gasteiger partial charge on any atom is -0.354 e. The van der Waals surface area contributed by atoms with Crippen LogP contribution in [0.1, 0.15) is 35.0 Å². The third-order valence-corrected chi connectivity index (χ3v) is 3.78. The fraction of sp³-hybridized carbons (Fsp3) is 0.353. The minimum absolute atomic E-state index is 0.166. The Bertz CT molecular complexity index is 640. The number of hydrogen-bond donors (Lipinski definition) is 1. The number of carbonyl (C=O) groups is 1. The zero-order chi connectivity index (χ0) is 14.7. The Hall–Kier alpha value is -2.23. The van der Waals surface area contributed by atoms with Crippen molar-refractivity contribution in [3.05, 3.63) is 53.3 Å². The van der Waals surface area contributed by atoms with E-state index in [0.29, 0.717) is 23.9 Å². The van der Waals surface area contributed by atoms with Crippen LogP contribution in [0.5, 0.6) is 0 Å². The smallest absolute Gasteiger partial charge is 0.222 e. The highest BCUT2D eigenvalue weighted by Gasteiger charge is 2.24. The van der Waals surface area contributed by atoms with Gasteiger partial charge in [0.15, 0.2) is 5.78 Å². The Kier molecular flexibility index (Phi) is 3.95. The molecule has 0 spiro atoms. The standard InChI is InChI=1S/C17H19N3O/c1-12-9-15-14(16(21)10-12)11-19-17(20-15)18-8-7-13-5-3-2-4-6-13/h2-6,11-12H,7-10H2,1H3,(H,18,19,20). The van der Waals surface area contributed by atoms with Gasteiger partial charge in [0.25, 0.3) is 0 Å². The number of carbonyl (C=O) groups excluding carboxylic acids is 1. The Labute approximate surface area is 124 Å². The summed E-state index contributed by atoms with van der Waals surface area (Å²) in [4.78, 5) is 20.7. The van der Waals surface area contributed by atoms with Gasteiger partial charge in [0, 0.05) is 19.2 Å². The van der Waals surface area contributed by atoms with Crippen LogP contribution in [0.3, 0.4) is 0 Å². The van der Waals surface area contributed by atoms with E-state index in [2.05, 4.69) is 34.3 Å². The summed E-state index contributed by atoms with van der Waals surface area (Å²) in [7, 11) is 0. The summed E-state index contributed by atoms with van der Waals surface area (Å²) in [5, 5.41) is 3.24. The SMILES string of the molecule is CC1CC(=O)c2cnc(NCCc3ccccc3)nc2C1. The van der Waals surface area contributed by atoms with Crippen LogP contribution in [-0.2, 0) is 12.8 Å². The van der Waals surface area contributed by atoms with Crippen molar-refractivity contribution in [1.82, 2.24) is 9.97 Å². The van der Waals surface area contributed by atoms with E-state index in [4.69, 9.17) is 0 Å². The van der Waals surface area contributed by atoms with Crippen molar-refractivity contribution in [2.45, 2.75) is 26.2 Å². The largest absolute Gasteiger partial charge is 0.354 e. The van der Waals surface area contributed by atoms with Gasteiger partial charge < -0.3 is 5.32 Å². The van der Waals surface area contributed by atoms with E-state index < -0.39 is 0 Å². The lowest BCUT2D eigenvalue weighted by Crippen LogP contribution is -2.21. The van der Waals surface area contributed by atoms with E-state index in [1.807, 2.05) is 18.2 Å². The number of fused-ring (bicyclic) bond motifs is 1. The first kappa shape index (κ1) is 13.7. The Morgan fingerprint density at radius 2 is 2.05 bits per heavy atom. The van der Waals surface area contributed by atoms with Gasteiger partial charge in [-0.3, -0.25) is 4.79 Å². The summed E-state index contributed by atoms with van der Waals surface area (Å²) in [6, 6.07) is 10.3. The Balaban J connectivity index is 1.64. The van der Waals surface area contributed by atoms with E-state index in [0.717, 1.165) is 25.1 Å². The van der Waals surface area contributed by atoms with Crippen LogP contribution in [0.15, 0.2) is 36.5 Å². The van der Waals surface area contributed by atoms with E-state index in [1.165, 1.54) is 5.56 Å². The molecule has 2 aromatic rings. The van der Waals surface area contributed by atoms with E-state index in [-0.39, 0.29) is 5.78 Å². The predicted molar refractivity (Wildman–Crippen MR) is 82.5 cm³/mol. The molecule has 0 amide bonds. The molecule has 0 radical (unpaired) electrons. The fourth-order valence-corrected chi connectivity index (χ4v) is 2.68. The summed E-state index contributed by atoms with van der Waals surface area (Å²) in [6.07, 6.45) is 4.06. The normalized spacial score (nSPS) is 17.4. The number of rotatable bonds is 4. The number of aromatic nitrogens is 2. The first-order valence-electron chi connectivity index (χ1n) is 7.39. The van der Waals surface area contributed by atoms with Crippen LogP contribution in [0.2, 0.25) is 0 Å². The van der Waals surface area contributed by atoms with Gasteiger partial charge in [-0.1, -0.05) is 37.3 Å². The molecule has 1 atom stereocenters. The topological polar surface area (TPSA) is 54.9 Å². The molecule has 1 unspecified atom stereocenters. The van der Waals surface area contributed by atoms with Gasteiger partial charge in [-0.25, -0.2) is 9.97 Å². The molecule has 0 saturated heterocycles. The van der Waals surface area contributed by atoms with Crippen LogP contribution in [0, 0.1) is 5.92 Å². The third-order valence-electron chi connectivity index (χ3n) is 3.78. The van der Waals surface area contributed by atoms with Crippen LogP contribution < -0.4 is 5.32 Å². The number of anilines is 1. The quantitative estimate of drug-likeness (QED) is 0.936. The Morgan fingerprint density at radius 3 is 2.86 bits per heavy atom. The minimum atomic E-state index is 0.166. The molecule has 0 aliphatic heterocycles. The third kappa shape index (κ3) is 3.27. The van der Waals surface area contributed by atoms with Gasteiger partial charge in [-0.05, 0) is 24.3 Å². The number of nitrogens with one attached hydrogen (secondary N) is 1. The van der Waals surface area contributed by atoms with Crippen LogP contribution in [-0.4, -0.2) is 22.3 Å². The molecule has 3 rings (SSSR count). The molecule has 4 heteroatoms. The summed E-state index contributed by atoms with van der Waals surface area (Å²) < 4.78 is 0. The molecule has 0 saturated carbocycles. The maximum Gasteiger partial charge on any atom is 0.222 e. The van der Waals surface area contributed by atoms with Crippen molar-refractivity contribution in [3.8, 4) is 0 Å². The fourth-order valence-electron chi connectivity index (χ4n) is 2.68. The van der Waals surface area contributed by atoms with Crippen molar-refractivity contribution in [1.29, 1.82) is 0 Å². The number of hydrogen-bond acceptors (Lipinski definition) is 4. The first-order chi connectivity index (χ1) is 10.2. The van der Waals surface area contributed by atoms with Crippen molar-refractivity contribution >= 4 is 11.7 Å². The Morgan fingerprint density at radius 1 is 1.24 bits per heavy atom. The predicted octanol–water partition coefficient (Wildman–Crippen LogP) is 2.90. The van der Waals surface area contributed by atoms with Gasteiger partial charge in [0.1, 0.15) is 0 Å². The summed E-state index contributed by atoms with van der Waals surface area (Å²) in [5.41, 5.74) is 2.87. The van der Waals surface area contributed by atoms with Gasteiger partial charge in [0.2, 0.25) is 5.95 Å². The molecule has 1 N–H and O–H groups in total. The van der Waals surface area contributed by atoms with Gasteiger partial charge in [-0.15, -0.1) is 0 Å². The molecule has 0 fully saturated rings. The first-order valence-corrected chi connectivity index (χ1v) is 7.39. The molecule has 1 aromatic carbocycles. The molecular formula is C17H19N3O. The van der Waals surface area contributed by atoms with Crippen molar-refractivity contribution < 1.29 is 4.79 Å². The number of ketones is 1. The second-order valence-electron chi connectivity index (χ2n) is 5.65. The maximum absolute atomic E-state index is 11.9. The average Bonchev–Trinajstić information content (AvgIpc) is 2.48. The molecule has 4 nitrogen and oxygen atoms in total. The number of Topliss-reactive ketones (excluding diaryl/α,β-unsaturated/α-hetero) is 1. The molecule has 1 heterocycles. The highest BCUT2D eigenvalue weighted by Crippen LogP contribution is 2.23. The van der Waals surface area contributed by atoms with Crippen molar-refractivity contribution in [2.24, 2.45) is 5.92 Å². The number of nitrogens with zero attached hydrogens (tertiary/aromatic N) is 2. The molecule has 21 heavy (non-hydrogen) atoms. The summed E-state index contributed by atoms with van der Waals surface area (Å²) >= 11 is 0. The van der Waals surface area contributed by atoms with Crippen LogP contribution >= 0.6 is 0 Å². The lowest BCUT2D eigenvalue weighted by molar-refractivity contribution is 0.0951. The van der Waals surface area contributed by atoms with Crippen molar-refractivity contribution in [2.75, 3.05) is 11.9 Å². The monoisotopic (exact) mass is 281 g/mol. The number of benzene rings is 1. The molecule has 108 valence electrons. The second kappa shape index (κ2) is 6.04. The van der Waals surface area contributed by atoms with Gasteiger partial charge >= 0.3 is 0 Å². The molecular weight excluding hydrogens is 262 g/mol. The molecule has 1 aliphatic rings. The zero-order valence-electron chi connectivity index (χ0n) is 12.2. The van der Waals surface area contributed by atoms with Crippen LogP contribution in [0.4, 0.5) is 5.95 Å². The molecule has 1 aromatic heterocycles. The molecule has 0 bridgehead atoms. The highest BCUT2D eigenvalue weighted by molar-refractivity contribution is 5.98. The van der Waals surface area contributed by atoms with Crippen LogP contribution in [0.25, 0.3) is 0 Å². The van der Waals surface area contributed by atoms with Gasteiger partial charge in [-0.2, -0.15) is 0 Å². The molecule has 1 aliphatic carbocycles.